The van der Waals surface area contributed by atoms with Crippen molar-refractivity contribution < 1.29 is 4.39 Å². The van der Waals surface area contributed by atoms with Crippen LogP contribution >= 0.6 is 12.2 Å². The van der Waals surface area contributed by atoms with Gasteiger partial charge >= 0.3 is 0 Å². The highest BCUT2D eigenvalue weighted by molar-refractivity contribution is 7.71. The lowest BCUT2D eigenvalue weighted by atomic mass is 10.2. The maximum atomic E-state index is 13.5. The number of nitrogens with one attached hydrogen (secondary N) is 1. The molecule has 92 valence electrons. The molecular formula is C12H11FN4S. The van der Waals surface area contributed by atoms with Gasteiger partial charge in [-0.15, -0.1) is 0 Å². The fraction of sp³-hybridized carbons (Fsp3) is 0.167. The van der Waals surface area contributed by atoms with E-state index in [4.69, 9.17) is 12.2 Å². The molecule has 1 aromatic carbocycles. The van der Waals surface area contributed by atoms with Crippen molar-refractivity contribution in [2.75, 3.05) is 0 Å². The van der Waals surface area contributed by atoms with Crippen LogP contribution in [0.3, 0.4) is 0 Å². The van der Waals surface area contributed by atoms with E-state index in [0.717, 1.165) is 11.3 Å². The normalized spacial score (nSPS) is 11.3. The summed E-state index contributed by atoms with van der Waals surface area (Å²) in [5, 5.41) is 4.32. The van der Waals surface area contributed by atoms with Crippen LogP contribution in [0.15, 0.2) is 24.4 Å². The average molecular weight is 262 g/mol. The van der Waals surface area contributed by atoms with Crippen LogP contribution in [0.25, 0.3) is 16.9 Å². The van der Waals surface area contributed by atoms with Crippen molar-refractivity contribution in [1.82, 2.24) is 19.3 Å². The van der Waals surface area contributed by atoms with E-state index >= 15 is 0 Å². The topological polar surface area (TPSA) is 38.5 Å². The van der Waals surface area contributed by atoms with Gasteiger partial charge in [-0.2, -0.15) is 5.10 Å². The SMILES string of the molecule is Cc1cc2c(cc1F)[nH]c(=S)n2-c1ccn(C)n1. The van der Waals surface area contributed by atoms with Crippen molar-refractivity contribution in [2.24, 2.45) is 7.05 Å². The zero-order valence-corrected chi connectivity index (χ0v) is 10.8. The Morgan fingerprint density at radius 2 is 2.17 bits per heavy atom. The lowest BCUT2D eigenvalue weighted by Crippen LogP contribution is -1.97. The molecule has 18 heavy (non-hydrogen) atoms. The first kappa shape index (κ1) is 11.2. The minimum absolute atomic E-state index is 0.244. The molecule has 1 N–H and O–H groups in total. The molecule has 3 rings (SSSR count). The van der Waals surface area contributed by atoms with Crippen LogP contribution < -0.4 is 0 Å². The summed E-state index contributed by atoms with van der Waals surface area (Å²) >= 11 is 5.27. The van der Waals surface area contributed by atoms with E-state index in [1.54, 1.807) is 22.2 Å². The molecule has 3 aromatic rings. The highest BCUT2D eigenvalue weighted by Crippen LogP contribution is 2.21. The van der Waals surface area contributed by atoms with Crippen LogP contribution in [-0.4, -0.2) is 19.3 Å². The van der Waals surface area contributed by atoms with Crippen molar-refractivity contribution in [3.05, 3.63) is 40.5 Å². The second kappa shape index (κ2) is 3.78. The van der Waals surface area contributed by atoms with Crippen LogP contribution in [0.1, 0.15) is 5.56 Å². The maximum absolute atomic E-state index is 13.5. The zero-order chi connectivity index (χ0) is 12.9. The number of fused-ring (bicyclic) bond motifs is 1. The first-order chi connectivity index (χ1) is 8.56. The lowest BCUT2D eigenvalue weighted by Gasteiger charge is -2.01. The molecule has 0 saturated carbocycles. The Morgan fingerprint density at radius 1 is 1.39 bits per heavy atom. The number of H-pyrrole nitrogens is 1. The molecule has 0 unspecified atom stereocenters. The largest absolute Gasteiger partial charge is 0.330 e. The molecule has 0 radical (unpaired) electrons. The second-order valence-electron chi connectivity index (χ2n) is 4.23. The molecule has 0 aliphatic rings. The molecule has 0 aliphatic carbocycles. The van der Waals surface area contributed by atoms with Gasteiger partial charge in [-0.05, 0) is 36.8 Å². The Labute approximate surface area is 108 Å². The molecule has 0 amide bonds. The number of hydrogen-bond acceptors (Lipinski definition) is 2. The van der Waals surface area contributed by atoms with E-state index in [0.29, 0.717) is 15.9 Å². The Balaban J connectivity index is 2.38. The van der Waals surface area contributed by atoms with E-state index in [9.17, 15) is 4.39 Å². The summed E-state index contributed by atoms with van der Waals surface area (Å²) in [4.78, 5) is 2.99. The van der Waals surface area contributed by atoms with Gasteiger partial charge in [0.2, 0.25) is 0 Å². The van der Waals surface area contributed by atoms with Crippen molar-refractivity contribution >= 4 is 23.3 Å². The molecule has 0 aliphatic heterocycles. The van der Waals surface area contributed by atoms with Gasteiger partial charge in [-0.1, -0.05) is 0 Å². The fourth-order valence-corrected chi connectivity index (χ4v) is 2.28. The molecule has 0 spiro atoms. The van der Waals surface area contributed by atoms with Gasteiger partial charge in [0.05, 0.1) is 11.0 Å². The molecule has 0 fully saturated rings. The zero-order valence-electron chi connectivity index (χ0n) is 9.94. The third-order valence-corrected chi connectivity index (χ3v) is 3.18. The molecule has 0 bridgehead atoms. The average Bonchev–Trinajstić information content (AvgIpc) is 2.83. The van der Waals surface area contributed by atoms with Gasteiger partial charge in [-0.25, -0.2) is 4.39 Å². The van der Waals surface area contributed by atoms with Gasteiger partial charge in [0.25, 0.3) is 0 Å². The Bertz CT molecular complexity index is 796. The third kappa shape index (κ3) is 1.57. The molecule has 2 aromatic heterocycles. The monoisotopic (exact) mass is 262 g/mol. The summed E-state index contributed by atoms with van der Waals surface area (Å²) in [6, 6.07) is 5.09. The van der Waals surface area contributed by atoms with E-state index in [1.165, 1.54) is 6.07 Å². The number of aryl methyl sites for hydroxylation is 2. The maximum Gasteiger partial charge on any atom is 0.184 e. The molecular weight excluding hydrogens is 251 g/mol. The van der Waals surface area contributed by atoms with Crippen LogP contribution in [0.5, 0.6) is 0 Å². The second-order valence-corrected chi connectivity index (χ2v) is 4.62. The predicted molar refractivity (Wildman–Crippen MR) is 69.9 cm³/mol. The Kier molecular flexibility index (Phi) is 2.34. The molecule has 4 nitrogen and oxygen atoms in total. The summed E-state index contributed by atoms with van der Waals surface area (Å²) in [5.41, 5.74) is 2.09. The predicted octanol–water partition coefficient (Wildman–Crippen LogP) is 2.87. The minimum Gasteiger partial charge on any atom is -0.330 e. The summed E-state index contributed by atoms with van der Waals surface area (Å²) in [5.74, 6) is 0.478. The molecule has 6 heteroatoms. The van der Waals surface area contributed by atoms with Crippen LogP contribution in [0, 0.1) is 17.5 Å². The van der Waals surface area contributed by atoms with Crippen LogP contribution in [0.2, 0.25) is 0 Å². The number of aromatic amines is 1. The van der Waals surface area contributed by atoms with Gasteiger partial charge in [0.1, 0.15) is 5.82 Å². The molecule has 2 heterocycles. The number of halogens is 1. The Hall–Kier alpha value is -1.95. The number of benzene rings is 1. The Morgan fingerprint density at radius 3 is 2.83 bits per heavy atom. The number of hydrogen-bond donors (Lipinski definition) is 1. The summed E-state index contributed by atoms with van der Waals surface area (Å²) in [7, 11) is 1.84. The third-order valence-electron chi connectivity index (χ3n) is 2.89. The van der Waals surface area contributed by atoms with E-state index < -0.39 is 0 Å². The summed E-state index contributed by atoms with van der Waals surface area (Å²) < 4.78 is 17.5. The van der Waals surface area contributed by atoms with Crippen LogP contribution in [-0.2, 0) is 7.05 Å². The molecule has 0 saturated heterocycles. The first-order valence-electron chi connectivity index (χ1n) is 5.47. The van der Waals surface area contributed by atoms with Crippen LogP contribution in [0.4, 0.5) is 4.39 Å². The summed E-state index contributed by atoms with van der Waals surface area (Å²) in [6.45, 7) is 1.73. The standard InChI is InChI=1S/C12H11FN4S/c1-7-5-10-9(6-8(7)13)14-12(18)17(10)11-3-4-16(2)15-11/h3-6H,1-2H3,(H,14,18). The lowest BCUT2D eigenvalue weighted by molar-refractivity contribution is 0.620. The van der Waals surface area contributed by atoms with Gasteiger partial charge in [0, 0.05) is 19.3 Å². The summed E-state index contributed by atoms with van der Waals surface area (Å²) in [6.07, 6.45) is 1.84. The minimum atomic E-state index is -0.244. The van der Waals surface area contributed by atoms with E-state index in [1.807, 2.05) is 19.3 Å². The van der Waals surface area contributed by atoms with E-state index in [2.05, 4.69) is 10.1 Å². The highest BCUT2D eigenvalue weighted by atomic mass is 32.1. The van der Waals surface area contributed by atoms with Crippen molar-refractivity contribution in [2.45, 2.75) is 6.92 Å². The number of imidazole rings is 1. The van der Waals surface area contributed by atoms with Crippen molar-refractivity contribution in [1.29, 1.82) is 0 Å². The van der Waals surface area contributed by atoms with Crippen molar-refractivity contribution in [3.63, 3.8) is 0 Å². The number of rotatable bonds is 1. The van der Waals surface area contributed by atoms with Crippen molar-refractivity contribution in [3.8, 4) is 5.82 Å². The number of nitrogens with zero attached hydrogens (tertiary/aromatic N) is 3. The van der Waals surface area contributed by atoms with Gasteiger partial charge in [-0.3, -0.25) is 9.25 Å². The smallest absolute Gasteiger partial charge is 0.184 e. The van der Waals surface area contributed by atoms with E-state index in [-0.39, 0.29) is 5.82 Å². The highest BCUT2D eigenvalue weighted by Gasteiger charge is 2.10. The molecule has 0 atom stereocenters. The van der Waals surface area contributed by atoms with Gasteiger partial charge < -0.3 is 4.98 Å². The number of aromatic nitrogens is 4. The fourth-order valence-electron chi connectivity index (χ4n) is 1.98. The van der Waals surface area contributed by atoms with Gasteiger partial charge in [0.15, 0.2) is 10.6 Å². The first-order valence-corrected chi connectivity index (χ1v) is 5.88. The quantitative estimate of drug-likeness (QED) is 0.685.